The van der Waals surface area contributed by atoms with Crippen molar-refractivity contribution in [3.63, 3.8) is 0 Å². The van der Waals surface area contributed by atoms with Gasteiger partial charge in [0.2, 0.25) is 5.88 Å². The largest absolute Gasteiger partial charge is 0.476 e. The number of carbonyl (C=O) groups is 1. The molecule has 3 heterocycles. The first-order valence-corrected chi connectivity index (χ1v) is 8.17. The zero-order valence-electron chi connectivity index (χ0n) is 13.0. The molecule has 120 valence electrons. The van der Waals surface area contributed by atoms with Crippen LogP contribution in [0.25, 0.3) is 0 Å². The summed E-state index contributed by atoms with van der Waals surface area (Å²) in [5.74, 6) is 0.464. The molecule has 0 bridgehead atoms. The molecular formula is C16H24N4O2. The molecule has 2 amide bonds. The van der Waals surface area contributed by atoms with Gasteiger partial charge in [-0.25, -0.2) is 9.78 Å². The molecule has 0 aromatic carbocycles. The van der Waals surface area contributed by atoms with E-state index in [1.165, 1.54) is 25.8 Å². The van der Waals surface area contributed by atoms with Crippen molar-refractivity contribution in [3.05, 3.63) is 18.3 Å². The Morgan fingerprint density at radius 3 is 3.18 bits per heavy atom. The van der Waals surface area contributed by atoms with Crippen molar-refractivity contribution < 1.29 is 9.53 Å². The molecule has 1 aromatic rings. The zero-order chi connectivity index (χ0) is 15.4. The number of carbonyl (C=O) groups excluding carboxylic acids is 1. The third-order valence-electron chi connectivity index (χ3n) is 4.47. The molecule has 0 unspecified atom stereocenters. The van der Waals surface area contributed by atoms with E-state index in [9.17, 15) is 4.79 Å². The summed E-state index contributed by atoms with van der Waals surface area (Å²) in [6.45, 7) is 4.68. The molecule has 3 rings (SSSR count). The van der Waals surface area contributed by atoms with E-state index in [1.54, 1.807) is 18.3 Å². The number of fused-ring (bicyclic) bond motifs is 1. The fraction of sp³-hybridized carbons (Fsp3) is 0.625. The second-order valence-corrected chi connectivity index (χ2v) is 5.88. The zero-order valence-corrected chi connectivity index (χ0v) is 13.0. The fourth-order valence-electron chi connectivity index (χ4n) is 3.48. The van der Waals surface area contributed by atoms with Crippen LogP contribution in [0.4, 0.5) is 10.5 Å². The normalized spacial score (nSPS) is 24.6. The van der Waals surface area contributed by atoms with E-state index in [0.717, 1.165) is 13.0 Å². The number of nitrogens with one attached hydrogen (secondary N) is 2. The molecule has 6 heteroatoms. The lowest BCUT2D eigenvalue weighted by Crippen LogP contribution is -2.48. The highest BCUT2D eigenvalue weighted by Crippen LogP contribution is 2.27. The van der Waals surface area contributed by atoms with Crippen molar-refractivity contribution >= 4 is 11.7 Å². The number of anilines is 1. The Kier molecular flexibility index (Phi) is 4.77. The number of amides is 2. The van der Waals surface area contributed by atoms with Crippen molar-refractivity contribution in [2.24, 2.45) is 0 Å². The average molecular weight is 304 g/mol. The predicted molar refractivity (Wildman–Crippen MR) is 85.2 cm³/mol. The maximum atomic E-state index is 12.3. The van der Waals surface area contributed by atoms with Gasteiger partial charge in [0.15, 0.2) is 0 Å². The van der Waals surface area contributed by atoms with Gasteiger partial charge in [0.05, 0.1) is 6.61 Å². The molecule has 0 radical (unpaired) electrons. The van der Waals surface area contributed by atoms with Crippen LogP contribution >= 0.6 is 0 Å². The Hall–Kier alpha value is -1.82. The molecule has 2 N–H and O–H groups in total. The van der Waals surface area contributed by atoms with Crippen LogP contribution in [0.5, 0.6) is 5.88 Å². The van der Waals surface area contributed by atoms with Gasteiger partial charge in [-0.15, -0.1) is 0 Å². The summed E-state index contributed by atoms with van der Waals surface area (Å²) in [5, 5.41) is 5.98. The molecule has 0 spiro atoms. The van der Waals surface area contributed by atoms with Gasteiger partial charge in [0, 0.05) is 24.8 Å². The van der Waals surface area contributed by atoms with Crippen LogP contribution in [0.15, 0.2) is 18.3 Å². The second-order valence-electron chi connectivity index (χ2n) is 5.88. The number of ether oxygens (including phenoxy) is 1. The number of rotatable bonds is 4. The molecule has 22 heavy (non-hydrogen) atoms. The number of piperidine rings is 1. The first-order valence-electron chi connectivity index (χ1n) is 8.17. The number of urea groups is 1. The van der Waals surface area contributed by atoms with Gasteiger partial charge in [-0.2, -0.15) is 0 Å². The molecule has 1 aromatic heterocycles. The van der Waals surface area contributed by atoms with Gasteiger partial charge in [0.1, 0.15) is 5.69 Å². The number of nitrogens with zero attached hydrogens (tertiary/aromatic N) is 2. The molecule has 2 saturated heterocycles. The van der Waals surface area contributed by atoms with E-state index < -0.39 is 0 Å². The molecule has 2 atom stereocenters. The van der Waals surface area contributed by atoms with E-state index in [4.69, 9.17) is 4.74 Å². The Bertz CT molecular complexity index is 523. The van der Waals surface area contributed by atoms with Crippen molar-refractivity contribution in [1.82, 2.24) is 15.2 Å². The number of aromatic nitrogens is 1. The molecule has 2 aliphatic heterocycles. The summed E-state index contributed by atoms with van der Waals surface area (Å²) >= 11 is 0. The van der Waals surface area contributed by atoms with Crippen LogP contribution in [-0.4, -0.2) is 47.7 Å². The summed E-state index contributed by atoms with van der Waals surface area (Å²) < 4.78 is 5.43. The van der Waals surface area contributed by atoms with E-state index in [2.05, 4.69) is 20.5 Å². The highest BCUT2D eigenvalue weighted by atomic mass is 16.5. The summed E-state index contributed by atoms with van der Waals surface area (Å²) in [7, 11) is 0. The highest BCUT2D eigenvalue weighted by molar-refractivity contribution is 5.90. The summed E-state index contributed by atoms with van der Waals surface area (Å²) in [6.07, 6.45) is 6.41. The van der Waals surface area contributed by atoms with Gasteiger partial charge in [0.25, 0.3) is 0 Å². The van der Waals surface area contributed by atoms with Crippen LogP contribution in [0, 0.1) is 0 Å². The topological polar surface area (TPSA) is 66.5 Å². The Balaban J connectivity index is 1.59. The SMILES string of the molecule is CCOc1ncccc1NC(=O)N[C@@H]1CCN2CCCC[C@@H]12. The Morgan fingerprint density at radius 1 is 1.41 bits per heavy atom. The van der Waals surface area contributed by atoms with Gasteiger partial charge >= 0.3 is 6.03 Å². The van der Waals surface area contributed by atoms with Crippen LogP contribution in [0.3, 0.4) is 0 Å². The van der Waals surface area contributed by atoms with Crippen molar-refractivity contribution in [1.29, 1.82) is 0 Å². The van der Waals surface area contributed by atoms with Gasteiger partial charge in [-0.1, -0.05) is 6.42 Å². The minimum atomic E-state index is -0.175. The molecule has 0 aliphatic carbocycles. The lowest BCUT2D eigenvalue weighted by Gasteiger charge is -2.32. The minimum absolute atomic E-state index is 0.175. The van der Waals surface area contributed by atoms with Gasteiger partial charge in [-0.05, 0) is 44.9 Å². The van der Waals surface area contributed by atoms with Crippen LogP contribution < -0.4 is 15.4 Å². The quantitative estimate of drug-likeness (QED) is 0.895. The van der Waals surface area contributed by atoms with E-state index in [1.807, 2.05) is 6.92 Å². The van der Waals surface area contributed by atoms with Crippen LogP contribution in [0.2, 0.25) is 0 Å². The van der Waals surface area contributed by atoms with Crippen LogP contribution in [0.1, 0.15) is 32.6 Å². The number of pyridine rings is 1. The fourth-order valence-corrected chi connectivity index (χ4v) is 3.48. The lowest BCUT2D eigenvalue weighted by molar-refractivity contribution is 0.180. The van der Waals surface area contributed by atoms with E-state index >= 15 is 0 Å². The number of hydrogen-bond donors (Lipinski definition) is 2. The summed E-state index contributed by atoms with van der Waals surface area (Å²) in [5.41, 5.74) is 0.611. The minimum Gasteiger partial charge on any atom is -0.476 e. The lowest BCUT2D eigenvalue weighted by atomic mass is 9.99. The third kappa shape index (κ3) is 3.32. The van der Waals surface area contributed by atoms with E-state index in [-0.39, 0.29) is 12.1 Å². The molecule has 6 nitrogen and oxygen atoms in total. The molecule has 0 saturated carbocycles. The Labute approximate surface area is 131 Å². The van der Waals surface area contributed by atoms with Crippen LogP contribution in [-0.2, 0) is 0 Å². The van der Waals surface area contributed by atoms with Crippen molar-refractivity contribution in [2.45, 2.75) is 44.7 Å². The molecule has 2 fully saturated rings. The third-order valence-corrected chi connectivity index (χ3v) is 4.47. The molecule has 2 aliphatic rings. The van der Waals surface area contributed by atoms with Crippen molar-refractivity contribution in [3.8, 4) is 5.88 Å². The monoisotopic (exact) mass is 304 g/mol. The second kappa shape index (κ2) is 6.96. The van der Waals surface area contributed by atoms with Crippen molar-refractivity contribution in [2.75, 3.05) is 25.0 Å². The molecular weight excluding hydrogens is 280 g/mol. The highest BCUT2D eigenvalue weighted by Gasteiger charge is 2.36. The first kappa shape index (κ1) is 15.1. The summed E-state index contributed by atoms with van der Waals surface area (Å²) in [6, 6.07) is 4.16. The van der Waals surface area contributed by atoms with Gasteiger partial charge in [-0.3, -0.25) is 4.90 Å². The maximum absolute atomic E-state index is 12.3. The maximum Gasteiger partial charge on any atom is 0.319 e. The first-order chi connectivity index (χ1) is 10.8. The average Bonchev–Trinajstić information content (AvgIpc) is 2.93. The Morgan fingerprint density at radius 2 is 2.32 bits per heavy atom. The van der Waals surface area contributed by atoms with E-state index in [0.29, 0.717) is 24.2 Å². The van der Waals surface area contributed by atoms with Gasteiger partial charge < -0.3 is 15.4 Å². The smallest absolute Gasteiger partial charge is 0.319 e. The number of hydrogen-bond acceptors (Lipinski definition) is 4. The predicted octanol–water partition coefficient (Wildman–Crippen LogP) is 2.23. The summed E-state index contributed by atoms with van der Waals surface area (Å²) in [4.78, 5) is 18.9. The standard InChI is InChI=1S/C16H24N4O2/c1-2-22-15-13(6-5-9-17-15)19-16(21)18-12-8-11-20-10-4-3-7-14(12)20/h5-6,9,12,14H,2-4,7-8,10-11H2,1H3,(H2,18,19,21)/t12-,14+/m1/s1.